The maximum atomic E-state index is 13.4. The first kappa shape index (κ1) is 23.4. The maximum Gasteiger partial charge on any atom is 0.164 e. The molecule has 0 bridgehead atoms. The van der Waals surface area contributed by atoms with E-state index in [1.54, 1.807) is 23.6 Å². The van der Waals surface area contributed by atoms with Crippen molar-refractivity contribution in [2.75, 3.05) is 19.4 Å². The van der Waals surface area contributed by atoms with E-state index in [4.69, 9.17) is 4.74 Å². The Morgan fingerprint density at radius 3 is 2.37 bits per heavy atom. The summed E-state index contributed by atoms with van der Waals surface area (Å²) < 4.78 is 21.1. The van der Waals surface area contributed by atoms with E-state index in [9.17, 15) is 14.6 Å². The molecular weight excluding hydrogens is 449 g/mol. The lowest BCUT2D eigenvalue weighted by Crippen LogP contribution is -2.30. The number of benzene rings is 2. The van der Waals surface area contributed by atoms with Crippen molar-refractivity contribution in [1.29, 1.82) is 0 Å². The Bertz CT molecular complexity index is 1320. The first-order chi connectivity index (χ1) is 16.8. The molecule has 2 aromatic carbocycles. The Kier molecular flexibility index (Phi) is 6.24. The van der Waals surface area contributed by atoms with Crippen molar-refractivity contribution < 1.29 is 19.3 Å². The van der Waals surface area contributed by atoms with Crippen molar-refractivity contribution in [2.45, 2.75) is 38.0 Å². The molecule has 5 rings (SSSR count). The molecule has 0 saturated carbocycles. The molecule has 3 N–H and O–H groups in total. The van der Waals surface area contributed by atoms with Crippen LogP contribution in [0.3, 0.4) is 0 Å². The molecule has 1 fully saturated rings. The molecule has 0 amide bonds. The number of aliphatic hydroxyl groups is 2. The maximum absolute atomic E-state index is 13.4. The molecule has 35 heavy (non-hydrogen) atoms. The van der Waals surface area contributed by atoms with Crippen LogP contribution < -0.4 is 5.32 Å². The van der Waals surface area contributed by atoms with E-state index >= 15 is 0 Å². The van der Waals surface area contributed by atoms with Gasteiger partial charge in [0.2, 0.25) is 0 Å². The molecule has 2 aromatic heterocycles. The molecule has 0 aliphatic carbocycles. The minimum Gasteiger partial charge on any atom is -0.388 e. The van der Waals surface area contributed by atoms with Gasteiger partial charge >= 0.3 is 0 Å². The van der Waals surface area contributed by atoms with Crippen molar-refractivity contribution in [3.63, 3.8) is 0 Å². The number of ether oxygens (including phenoxy) is 1. The van der Waals surface area contributed by atoms with Crippen LogP contribution in [0, 0.1) is 5.82 Å². The quantitative estimate of drug-likeness (QED) is 0.390. The fourth-order valence-corrected chi connectivity index (χ4v) is 4.47. The fraction of sp³-hybridized carbons (Fsp3) is 0.308. The number of nitrogens with zero attached hydrogens (tertiary/aromatic N) is 4. The van der Waals surface area contributed by atoms with Crippen LogP contribution in [-0.2, 0) is 11.3 Å². The molecule has 0 radical (unpaired) electrons. The Morgan fingerprint density at radius 2 is 1.74 bits per heavy atom. The third-order valence-electron chi connectivity index (χ3n) is 6.23. The number of halogens is 1. The first-order valence-corrected chi connectivity index (χ1v) is 11.5. The van der Waals surface area contributed by atoms with Gasteiger partial charge in [-0.25, -0.2) is 14.4 Å². The highest BCUT2D eigenvalue weighted by Crippen LogP contribution is 2.39. The number of rotatable bonds is 6. The van der Waals surface area contributed by atoms with Crippen LogP contribution in [0.25, 0.3) is 22.2 Å². The number of anilines is 2. The predicted octanol–water partition coefficient (Wildman–Crippen LogP) is 3.68. The van der Waals surface area contributed by atoms with E-state index in [2.05, 4.69) is 32.3 Å². The zero-order chi connectivity index (χ0) is 24.7. The topological polar surface area (TPSA) is 95.7 Å². The largest absolute Gasteiger partial charge is 0.388 e. The molecule has 1 aliphatic rings. The van der Waals surface area contributed by atoms with Gasteiger partial charge in [0, 0.05) is 24.0 Å². The van der Waals surface area contributed by atoms with Gasteiger partial charge in [0.1, 0.15) is 35.8 Å². The highest BCUT2D eigenvalue weighted by atomic mass is 19.1. The fourth-order valence-electron chi connectivity index (χ4n) is 4.47. The van der Waals surface area contributed by atoms with Gasteiger partial charge < -0.3 is 29.7 Å². The van der Waals surface area contributed by atoms with E-state index < -0.39 is 24.5 Å². The van der Waals surface area contributed by atoms with Crippen molar-refractivity contribution in [3.05, 3.63) is 72.4 Å². The second kappa shape index (κ2) is 9.35. The highest BCUT2D eigenvalue weighted by Gasteiger charge is 2.42. The van der Waals surface area contributed by atoms with Crippen LogP contribution in [0.4, 0.5) is 15.9 Å². The van der Waals surface area contributed by atoms with Crippen LogP contribution >= 0.6 is 0 Å². The predicted molar refractivity (Wildman–Crippen MR) is 132 cm³/mol. The monoisotopic (exact) mass is 477 g/mol. The summed E-state index contributed by atoms with van der Waals surface area (Å²) in [5.41, 5.74) is 4.17. The number of aromatic nitrogens is 3. The summed E-state index contributed by atoms with van der Waals surface area (Å²) in [4.78, 5) is 11.1. The molecule has 1 aliphatic heterocycles. The van der Waals surface area contributed by atoms with Gasteiger partial charge in [0.05, 0.1) is 11.5 Å². The van der Waals surface area contributed by atoms with E-state index in [1.807, 2.05) is 32.4 Å². The van der Waals surface area contributed by atoms with Crippen molar-refractivity contribution >= 4 is 22.5 Å². The van der Waals surface area contributed by atoms with Crippen molar-refractivity contribution in [1.82, 2.24) is 19.4 Å². The first-order valence-electron chi connectivity index (χ1n) is 11.5. The van der Waals surface area contributed by atoms with Crippen LogP contribution in [0.2, 0.25) is 0 Å². The van der Waals surface area contributed by atoms with Crippen LogP contribution in [-0.4, -0.2) is 62.1 Å². The second-order valence-electron chi connectivity index (χ2n) is 9.15. The van der Waals surface area contributed by atoms with Crippen LogP contribution in [0.15, 0.2) is 61.1 Å². The van der Waals surface area contributed by atoms with E-state index in [0.717, 1.165) is 23.1 Å². The molecular formula is C26H28FN5O3. The zero-order valence-electron chi connectivity index (χ0n) is 19.8. The van der Waals surface area contributed by atoms with Gasteiger partial charge in [-0.05, 0) is 56.4 Å². The third kappa shape index (κ3) is 4.51. The smallest absolute Gasteiger partial charge is 0.164 e. The summed E-state index contributed by atoms with van der Waals surface area (Å²) in [5.74, 6) is 0.210. The minimum absolute atomic E-state index is 0.326. The molecule has 4 aromatic rings. The van der Waals surface area contributed by atoms with E-state index in [1.165, 1.54) is 24.0 Å². The zero-order valence-corrected chi connectivity index (χ0v) is 19.8. The number of aliphatic hydroxyl groups excluding tert-OH is 2. The number of hydrogen-bond acceptors (Lipinski definition) is 7. The van der Waals surface area contributed by atoms with Gasteiger partial charge in [-0.15, -0.1) is 0 Å². The molecule has 0 unspecified atom stereocenters. The summed E-state index contributed by atoms with van der Waals surface area (Å²) in [6.07, 6.45) is -0.160. The van der Waals surface area contributed by atoms with Crippen molar-refractivity contribution in [2.24, 2.45) is 0 Å². The van der Waals surface area contributed by atoms with Gasteiger partial charge in [-0.1, -0.05) is 24.3 Å². The minimum atomic E-state index is -1.11. The summed E-state index contributed by atoms with van der Waals surface area (Å²) in [5, 5.41) is 25.0. The van der Waals surface area contributed by atoms with Crippen LogP contribution in [0.1, 0.15) is 18.7 Å². The van der Waals surface area contributed by atoms with E-state index in [-0.39, 0.29) is 5.82 Å². The Morgan fingerprint density at radius 1 is 1.03 bits per heavy atom. The third-order valence-corrected chi connectivity index (χ3v) is 6.23. The number of nitrogens with one attached hydrogen (secondary N) is 1. The van der Waals surface area contributed by atoms with Crippen molar-refractivity contribution in [3.8, 4) is 11.1 Å². The van der Waals surface area contributed by atoms with Crippen LogP contribution in [0.5, 0.6) is 0 Å². The second-order valence-corrected chi connectivity index (χ2v) is 9.15. The normalized spacial score (nSPS) is 22.3. The Hall–Kier alpha value is -3.37. The molecule has 4 atom stereocenters. The summed E-state index contributed by atoms with van der Waals surface area (Å²) in [6, 6.07) is 14.2. The molecule has 3 heterocycles. The Balaban J connectivity index is 1.64. The summed E-state index contributed by atoms with van der Waals surface area (Å²) in [7, 11) is 4.04. The standard InChI is InChI=1S/C26H28FN5O3/c1-15-22(33)23(34)26(35-15)32-13-20(17-6-4-16(5-7-17)12-31(2)3)21-24(28-14-29-25(21)32)30-19-10-8-18(27)9-11-19/h4-11,13-15,22-23,26,33-34H,12H2,1-3H3,(H,28,29,30)/t15-,22-,23-,26-/m1/s1. The Labute approximate surface area is 202 Å². The van der Waals surface area contributed by atoms with E-state index in [0.29, 0.717) is 17.2 Å². The average molecular weight is 478 g/mol. The molecule has 0 spiro atoms. The summed E-state index contributed by atoms with van der Waals surface area (Å²) in [6.45, 7) is 2.54. The lowest BCUT2D eigenvalue weighted by Gasteiger charge is -2.17. The van der Waals surface area contributed by atoms with Gasteiger partial charge in [0.25, 0.3) is 0 Å². The SMILES string of the molecule is C[C@H]1O[C@@H](n2cc(-c3ccc(CN(C)C)cc3)c3c(Nc4ccc(F)cc4)ncnc32)[C@H](O)[C@@H]1O. The van der Waals surface area contributed by atoms with Gasteiger partial charge in [-0.3, -0.25) is 0 Å². The highest BCUT2D eigenvalue weighted by molar-refractivity contribution is 6.02. The lowest BCUT2D eigenvalue weighted by atomic mass is 10.0. The number of hydrogen-bond donors (Lipinski definition) is 3. The molecule has 182 valence electrons. The summed E-state index contributed by atoms with van der Waals surface area (Å²) >= 11 is 0. The molecule has 9 heteroatoms. The molecule has 1 saturated heterocycles. The van der Waals surface area contributed by atoms with Gasteiger partial charge in [-0.2, -0.15) is 0 Å². The molecule has 8 nitrogen and oxygen atoms in total. The van der Waals surface area contributed by atoms with Gasteiger partial charge in [0.15, 0.2) is 6.23 Å². The lowest BCUT2D eigenvalue weighted by molar-refractivity contribution is -0.0295. The average Bonchev–Trinajstić information content (AvgIpc) is 3.34. The number of fused-ring (bicyclic) bond motifs is 1.